The highest BCUT2D eigenvalue weighted by molar-refractivity contribution is 5.56. The van der Waals surface area contributed by atoms with E-state index in [-0.39, 0.29) is 6.10 Å². The zero-order valence-electron chi connectivity index (χ0n) is 9.95. The molecule has 0 aliphatic heterocycles. The van der Waals surface area contributed by atoms with Crippen molar-refractivity contribution in [2.24, 2.45) is 5.84 Å². The summed E-state index contributed by atoms with van der Waals surface area (Å²) in [6.07, 6.45) is 2.42. The van der Waals surface area contributed by atoms with Gasteiger partial charge < -0.3 is 15.5 Å². The Balaban J connectivity index is 2.78. The lowest BCUT2D eigenvalue weighted by Gasteiger charge is -2.15. The zero-order chi connectivity index (χ0) is 12.0. The Morgan fingerprint density at radius 2 is 2.12 bits per heavy atom. The van der Waals surface area contributed by atoms with Crippen LogP contribution < -0.4 is 16.6 Å². The van der Waals surface area contributed by atoms with Crippen molar-refractivity contribution in [2.45, 2.75) is 26.4 Å². The summed E-state index contributed by atoms with van der Waals surface area (Å²) in [5, 5.41) is 3.22. The third kappa shape index (κ3) is 3.04. The van der Waals surface area contributed by atoms with E-state index in [1.165, 1.54) is 6.33 Å². The van der Waals surface area contributed by atoms with Crippen molar-refractivity contribution in [3.8, 4) is 0 Å². The van der Waals surface area contributed by atoms with Crippen LogP contribution in [0.15, 0.2) is 6.33 Å². The minimum atomic E-state index is 0.133. The third-order valence-electron chi connectivity index (χ3n) is 2.39. The van der Waals surface area contributed by atoms with Crippen LogP contribution in [0, 0.1) is 0 Å². The second kappa shape index (κ2) is 6.24. The Bertz CT molecular complexity index is 331. The minimum Gasteiger partial charge on any atom is -0.380 e. The van der Waals surface area contributed by atoms with Crippen molar-refractivity contribution in [2.75, 3.05) is 24.4 Å². The van der Waals surface area contributed by atoms with Crippen LogP contribution in [0.1, 0.15) is 19.4 Å². The number of anilines is 2. The number of aromatic nitrogens is 2. The number of ether oxygens (including phenoxy) is 1. The second-order valence-electron chi connectivity index (χ2n) is 3.47. The molecular weight excluding hydrogens is 206 g/mol. The molecule has 0 aliphatic carbocycles. The molecule has 0 saturated heterocycles. The highest BCUT2D eigenvalue weighted by Gasteiger charge is 2.09. The van der Waals surface area contributed by atoms with Crippen LogP contribution in [-0.4, -0.2) is 29.7 Å². The largest absolute Gasteiger partial charge is 0.380 e. The van der Waals surface area contributed by atoms with Crippen molar-refractivity contribution in [3.05, 3.63) is 11.9 Å². The Kier molecular flexibility index (Phi) is 4.94. The number of hydrogen-bond donors (Lipinski definition) is 3. The Labute approximate surface area is 95.6 Å². The molecule has 1 unspecified atom stereocenters. The fourth-order valence-electron chi connectivity index (χ4n) is 1.35. The zero-order valence-corrected chi connectivity index (χ0v) is 9.95. The molecule has 0 fully saturated rings. The number of nitrogens with two attached hydrogens (primary N) is 1. The molecule has 0 bridgehead atoms. The normalized spacial score (nSPS) is 12.2. The molecule has 0 radical (unpaired) electrons. The van der Waals surface area contributed by atoms with Crippen molar-refractivity contribution in [1.82, 2.24) is 9.97 Å². The summed E-state index contributed by atoms with van der Waals surface area (Å²) in [7, 11) is 1.68. The van der Waals surface area contributed by atoms with Gasteiger partial charge in [-0.05, 0) is 13.3 Å². The molecule has 0 amide bonds. The molecule has 1 aromatic heterocycles. The predicted molar refractivity (Wildman–Crippen MR) is 64.2 cm³/mol. The third-order valence-corrected chi connectivity index (χ3v) is 2.39. The first-order valence-corrected chi connectivity index (χ1v) is 5.30. The maximum absolute atomic E-state index is 5.38. The first-order chi connectivity index (χ1) is 7.72. The molecule has 1 heterocycles. The molecular formula is C10H19N5O. The molecule has 90 valence electrons. The van der Waals surface area contributed by atoms with E-state index in [0.29, 0.717) is 12.4 Å². The molecule has 1 rings (SSSR count). The van der Waals surface area contributed by atoms with Gasteiger partial charge in [0, 0.05) is 19.2 Å². The molecule has 1 atom stereocenters. The van der Waals surface area contributed by atoms with Gasteiger partial charge >= 0.3 is 0 Å². The maximum Gasteiger partial charge on any atom is 0.148 e. The van der Waals surface area contributed by atoms with E-state index in [9.17, 15) is 0 Å². The van der Waals surface area contributed by atoms with E-state index in [2.05, 4.69) is 20.7 Å². The fraction of sp³-hybridized carbons (Fsp3) is 0.600. The number of rotatable bonds is 6. The van der Waals surface area contributed by atoms with Crippen molar-refractivity contribution in [1.29, 1.82) is 0 Å². The van der Waals surface area contributed by atoms with E-state index in [4.69, 9.17) is 10.6 Å². The molecule has 4 N–H and O–H groups in total. The topological polar surface area (TPSA) is 85.1 Å². The van der Waals surface area contributed by atoms with Crippen LogP contribution in [0.4, 0.5) is 11.6 Å². The number of nitrogens with zero attached hydrogens (tertiary/aromatic N) is 2. The van der Waals surface area contributed by atoms with Gasteiger partial charge in [-0.3, -0.25) is 0 Å². The summed E-state index contributed by atoms with van der Waals surface area (Å²) in [6, 6.07) is 0. The summed E-state index contributed by atoms with van der Waals surface area (Å²) < 4.78 is 5.16. The Morgan fingerprint density at radius 3 is 2.69 bits per heavy atom. The summed E-state index contributed by atoms with van der Waals surface area (Å²) in [4.78, 5) is 8.25. The minimum absolute atomic E-state index is 0.133. The van der Waals surface area contributed by atoms with Gasteiger partial charge in [0.15, 0.2) is 0 Å². The lowest BCUT2D eigenvalue weighted by atomic mass is 10.2. The summed E-state index contributed by atoms with van der Waals surface area (Å²) >= 11 is 0. The molecule has 16 heavy (non-hydrogen) atoms. The number of nitrogen functional groups attached to an aromatic ring is 1. The average molecular weight is 225 g/mol. The average Bonchev–Trinajstić information content (AvgIpc) is 2.34. The van der Waals surface area contributed by atoms with E-state index in [1.54, 1.807) is 7.11 Å². The number of hydrazine groups is 1. The van der Waals surface area contributed by atoms with E-state index in [0.717, 1.165) is 17.8 Å². The summed E-state index contributed by atoms with van der Waals surface area (Å²) in [5.74, 6) is 6.84. The van der Waals surface area contributed by atoms with Crippen molar-refractivity contribution < 1.29 is 4.74 Å². The quantitative estimate of drug-likeness (QED) is 0.490. The monoisotopic (exact) mass is 225 g/mol. The van der Waals surface area contributed by atoms with Gasteiger partial charge in [-0.15, -0.1) is 0 Å². The van der Waals surface area contributed by atoms with E-state index in [1.807, 2.05) is 13.8 Å². The van der Waals surface area contributed by atoms with Gasteiger partial charge in [0.2, 0.25) is 0 Å². The number of nitrogens with one attached hydrogen (secondary N) is 2. The van der Waals surface area contributed by atoms with Crippen LogP contribution in [0.2, 0.25) is 0 Å². The second-order valence-corrected chi connectivity index (χ2v) is 3.47. The molecule has 0 spiro atoms. The van der Waals surface area contributed by atoms with Crippen molar-refractivity contribution in [3.63, 3.8) is 0 Å². The van der Waals surface area contributed by atoms with Crippen LogP contribution in [0.3, 0.4) is 0 Å². The summed E-state index contributed by atoms with van der Waals surface area (Å²) in [6.45, 7) is 4.72. The van der Waals surface area contributed by atoms with E-state index < -0.39 is 0 Å². The summed E-state index contributed by atoms with van der Waals surface area (Å²) in [5.41, 5.74) is 3.55. The van der Waals surface area contributed by atoms with Crippen LogP contribution in [0.5, 0.6) is 0 Å². The predicted octanol–water partition coefficient (Wildman–Crippen LogP) is 0.771. The smallest absolute Gasteiger partial charge is 0.148 e. The van der Waals surface area contributed by atoms with Gasteiger partial charge in [-0.25, -0.2) is 15.8 Å². The molecule has 6 heteroatoms. The van der Waals surface area contributed by atoms with Gasteiger partial charge in [-0.2, -0.15) is 0 Å². The molecule has 6 nitrogen and oxygen atoms in total. The first kappa shape index (κ1) is 12.7. The molecule has 0 aromatic carbocycles. The van der Waals surface area contributed by atoms with Crippen LogP contribution in [0.25, 0.3) is 0 Å². The van der Waals surface area contributed by atoms with Gasteiger partial charge in [0.1, 0.15) is 18.0 Å². The highest BCUT2D eigenvalue weighted by atomic mass is 16.5. The molecule has 1 aromatic rings. The number of methoxy groups -OCH3 is 1. The molecule has 0 aliphatic rings. The highest BCUT2D eigenvalue weighted by Crippen LogP contribution is 2.19. The van der Waals surface area contributed by atoms with E-state index >= 15 is 0 Å². The SMILES string of the molecule is CCc1c(NN)ncnc1NCC(C)OC. The molecule has 0 saturated carbocycles. The lowest BCUT2D eigenvalue weighted by Crippen LogP contribution is -2.20. The van der Waals surface area contributed by atoms with Gasteiger partial charge in [-0.1, -0.05) is 6.92 Å². The van der Waals surface area contributed by atoms with Gasteiger partial charge in [0.05, 0.1) is 6.10 Å². The van der Waals surface area contributed by atoms with Crippen LogP contribution in [-0.2, 0) is 11.2 Å². The standard InChI is InChI=1S/C10H19N5O/c1-4-8-9(12-5-7(2)16-3)13-6-14-10(8)15-11/h6-7H,4-5,11H2,1-3H3,(H2,12,13,14,15). The van der Waals surface area contributed by atoms with Crippen molar-refractivity contribution >= 4 is 11.6 Å². The van der Waals surface area contributed by atoms with Crippen LogP contribution >= 0.6 is 0 Å². The fourth-order valence-corrected chi connectivity index (χ4v) is 1.35. The Morgan fingerprint density at radius 1 is 1.44 bits per heavy atom. The lowest BCUT2D eigenvalue weighted by molar-refractivity contribution is 0.128. The van der Waals surface area contributed by atoms with Gasteiger partial charge in [0.25, 0.3) is 0 Å². The number of hydrogen-bond acceptors (Lipinski definition) is 6. The maximum atomic E-state index is 5.38. The first-order valence-electron chi connectivity index (χ1n) is 5.30. The Hall–Kier alpha value is -1.40.